The lowest BCUT2D eigenvalue weighted by Gasteiger charge is -2.20. The zero-order valence-corrected chi connectivity index (χ0v) is 21.0. The van der Waals surface area contributed by atoms with Gasteiger partial charge in [0, 0.05) is 42.5 Å². The van der Waals surface area contributed by atoms with Crippen molar-refractivity contribution < 1.29 is 30.8 Å². The molecule has 2 heterocycles. The fraction of sp³-hybridized carbons (Fsp3) is 0.292. The molecule has 1 aromatic heterocycles. The maximum Gasteiger partial charge on any atom is 0.435 e. The van der Waals surface area contributed by atoms with Crippen LogP contribution in [0.2, 0.25) is 0 Å². The first-order valence-corrected chi connectivity index (χ1v) is 13.3. The van der Waals surface area contributed by atoms with Gasteiger partial charge in [0.05, 0.1) is 11.9 Å². The Labute approximate surface area is 216 Å². The molecule has 38 heavy (non-hydrogen) atoms. The van der Waals surface area contributed by atoms with E-state index >= 15 is 0 Å². The molecule has 1 aliphatic rings. The number of benzene rings is 2. The Balaban J connectivity index is 1.65. The molecule has 202 valence electrons. The van der Waals surface area contributed by atoms with Crippen molar-refractivity contribution in [3.05, 3.63) is 76.9 Å². The first-order chi connectivity index (χ1) is 17.9. The molecule has 1 fully saturated rings. The number of likely N-dealkylation sites (tertiary alicyclic amines) is 1. The number of carbonyl (C=O) groups is 1. The Kier molecular flexibility index (Phi) is 7.56. The molecule has 0 spiro atoms. The van der Waals surface area contributed by atoms with Gasteiger partial charge in [-0.3, -0.25) is 4.79 Å². The van der Waals surface area contributed by atoms with Crippen LogP contribution in [0.3, 0.4) is 0 Å². The van der Waals surface area contributed by atoms with Crippen molar-refractivity contribution in [1.82, 2.24) is 14.7 Å². The van der Waals surface area contributed by atoms with Crippen LogP contribution in [0.25, 0.3) is 5.69 Å². The van der Waals surface area contributed by atoms with Crippen LogP contribution >= 0.6 is 0 Å². The van der Waals surface area contributed by atoms with Crippen LogP contribution in [-0.2, 0) is 22.7 Å². The second kappa shape index (κ2) is 10.5. The molecule has 2 aromatic carbocycles. The number of nitrogens with two attached hydrogens (primary N) is 1. The first-order valence-electron chi connectivity index (χ1n) is 11.5. The monoisotopic (exact) mass is 552 g/mol. The van der Waals surface area contributed by atoms with Gasteiger partial charge in [-0.2, -0.15) is 18.3 Å². The SMILES string of the molecule is CS(=O)(=O)N=C(c1ccc(NC(=O)c2cc(C(F)(F)F)nn2-c2ccc(F)c(CN)c2)cc1)N1CCCC1. The summed E-state index contributed by atoms with van der Waals surface area (Å²) >= 11 is 0. The molecule has 1 aliphatic heterocycles. The van der Waals surface area contributed by atoms with E-state index in [-0.39, 0.29) is 29.3 Å². The van der Waals surface area contributed by atoms with Gasteiger partial charge >= 0.3 is 6.18 Å². The van der Waals surface area contributed by atoms with Gasteiger partial charge in [-0.25, -0.2) is 17.5 Å². The highest BCUT2D eigenvalue weighted by Crippen LogP contribution is 2.30. The Morgan fingerprint density at radius 3 is 2.34 bits per heavy atom. The van der Waals surface area contributed by atoms with E-state index in [0.29, 0.717) is 24.7 Å². The van der Waals surface area contributed by atoms with Gasteiger partial charge in [0.1, 0.15) is 17.3 Å². The van der Waals surface area contributed by atoms with E-state index in [4.69, 9.17) is 5.73 Å². The molecule has 0 radical (unpaired) electrons. The number of rotatable bonds is 6. The molecule has 3 aromatic rings. The van der Waals surface area contributed by atoms with Gasteiger partial charge in [0.15, 0.2) is 5.69 Å². The number of nitrogens with zero attached hydrogens (tertiary/aromatic N) is 4. The largest absolute Gasteiger partial charge is 0.435 e. The molecule has 0 bridgehead atoms. The summed E-state index contributed by atoms with van der Waals surface area (Å²) in [5.41, 5.74) is 4.57. The fourth-order valence-electron chi connectivity index (χ4n) is 4.00. The zero-order valence-electron chi connectivity index (χ0n) is 20.2. The summed E-state index contributed by atoms with van der Waals surface area (Å²) in [6, 6.07) is 10.1. The minimum Gasteiger partial charge on any atom is -0.355 e. The first kappa shape index (κ1) is 27.3. The molecule has 0 saturated carbocycles. The Bertz CT molecular complexity index is 1480. The van der Waals surface area contributed by atoms with Crippen molar-refractivity contribution in [2.24, 2.45) is 10.1 Å². The van der Waals surface area contributed by atoms with E-state index in [1.165, 1.54) is 24.3 Å². The highest BCUT2D eigenvalue weighted by Gasteiger charge is 2.36. The topological polar surface area (TPSA) is 123 Å². The average molecular weight is 553 g/mol. The van der Waals surface area contributed by atoms with Gasteiger partial charge in [-0.05, 0) is 55.3 Å². The summed E-state index contributed by atoms with van der Waals surface area (Å²) in [6.07, 6.45) is -2.05. The van der Waals surface area contributed by atoms with Gasteiger partial charge in [-0.1, -0.05) is 0 Å². The summed E-state index contributed by atoms with van der Waals surface area (Å²) in [5, 5.41) is 6.04. The fourth-order valence-corrected chi connectivity index (χ4v) is 4.54. The van der Waals surface area contributed by atoms with E-state index in [0.717, 1.165) is 29.8 Å². The van der Waals surface area contributed by atoms with Crippen molar-refractivity contribution in [1.29, 1.82) is 0 Å². The molecule has 3 N–H and O–H groups in total. The van der Waals surface area contributed by atoms with Crippen molar-refractivity contribution in [3.63, 3.8) is 0 Å². The quantitative estimate of drug-likeness (QED) is 0.274. The highest BCUT2D eigenvalue weighted by atomic mass is 32.2. The van der Waals surface area contributed by atoms with Crippen LogP contribution < -0.4 is 11.1 Å². The third-order valence-electron chi connectivity index (χ3n) is 5.79. The Morgan fingerprint density at radius 2 is 1.76 bits per heavy atom. The number of amidine groups is 1. The number of nitrogens with one attached hydrogen (secondary N) is 1. The average Bonchev–Trinajstić information content (AvgIpc) is 3.53. The number of amides is 1. The number of aromatic nitrogens is 2. The summed E-state index contributed by atoms with van der Waals surface area (Å²) in [5.74, 6) is -1.26. The number of sulfonamides is 1. The molecule has 1 saturated heterocycles. The van der Waals surface area contributed by atoms with Crippen molar-refractivity contribution in [3.8, 4) is 5.69 Å². The summed E-state index contributed by atoms with van der Waals surface area (Å²) < 4.78 is 82.4. The molecule has 0 aliphatic carbocycles. The highest BCUT2D eigenvalue weighted by molar-refractivity contribution is 7.89. The smallest absolute Gasteiger partial charge is 0.355 e. The van der Waals surface area contributed by atoms with E-state index in [1.807, 2.05) is 4.90 Å². The summed E-state index contributed by atoms with van der Waals surface area (Å²) in [4.78, 5) is 14.9. The van der Waals surface area contributed by atoms with Gasteiger partial charge in [-0.15, -0.1) is 4.40 Å². The molecule has 0 unspecified atom stereocenters. The van der Waals surface area contributed by atoms with Crippen LogP contribution in [-0.4, -0.2) is 54.2 Å². The van der Waals surface area contributed by atoms with E-state index in [1.54, 1.807) is 12.1 Å². The van der Waals surface area contributed by atoms with Gasteiger partial charge in [0.25, 0.3) is 15.9 Å². The molecule has 14 heteroatoms. The number of anilines is 1. The van der Waals surface area contributed by atoms with Crippen LogP contribution in [0, 0.1) is 5.82 Å². The van der Waals surface area contributed by atoms with Crippen LogP contribution in [0.1, 0.15) is 40.2 Å². The standard InChI is InChI=1S/C24H24F4N6O3S/c1-38(36,37)32-22(33-10-2-3-11-33)15-4-6-17(7-5-15)30-23(35)20-13-21(24(26,27)28)31-34(20)18-8-9-19(25)16(12-18)14-29/h4-9,12-13H,2-3,10-11,14,29H2,1H3,(H,30,35). The third-order valence-corrected chi connectivity index (χ3v) is 6.29. The van der Waals surface area contributed by atoms with E-state index in [9.17, 15) is 30.8 Å². The molecule has 1 amide bonds. The van der Waals surface area contributed by atoms with Gasteiger partial charge in [0.2, 0.25) is 0 Å². The number of halogens is 4. The number of alkyl halides is 3. The lowest BCUT2D eigenvalue weighted by Crippen LogP contribution is -2.29. The van der Waals surface area contributed by atoms with Gasteiger partial charge < -0.3 is 16.0 Å². The number of carbonyl (C=O) groups excluding carboxylic acids is 1. The number of hydrogen-bond donors (Lipinski definition) is 2. The van der Waals surface area contributed by atoms with E-state index in [2.05, 4.69) is 14.8 Å². The van der Waals surface area contributed by atoms with E-state index < -0.39 is 39.3 Å². The summed E-state index contributed by atoms with van der Waals surface area (Å²) in [7, 11) is -3.68. The normalized spacial score (nSPS) is 14.7. The Morgan fingerprint density at radius 1 is 1.11 bits per heavy atom. The second-order valence-corrected chi connectivity index (χ2v) is 10.3. The molecular weight excluding hydrogens is 528 g/mol. The van der Waals surface area contributed by atoms with Crippen LogP contribution in [0.5, 0.6) is 0 Å². The van der Waals surface area contributed by atoms with Crippen molar-refractivity contribution in [2.75, 3.05) is 24.7 Å². The Hall–Kier alpha value is -3.78. The molecule has 0 atom stereocenters. The molecule has 4 rings (SSSR count). The maximum absolute atomic E-state index is 13.9. The lowest BCUT2D eigenvalue weighted by atomic mass is 10.1. The van der Waals surface area contributed by atoms with Crippen LogP contribution in [0.4, 0.5) is 23.2 Å². The third kappa shape index (κ3) is 6.19. The molecule has 9 nitrogen and oxygen atoms in total. The minimum atomic E-state index is -4.83. The van der Waals surface area contributed by atoms with Crippen LogP contribution in [0.15, 0.2) is 52.9 Å². The zero-order chi connectivity index (χ0) is 27.7. The number of hydrogen-bond acceptors (Lipinski definition) is 5. The molecular formula is C24H24F4N6O3S. The summed E-state index contributed by atoms with van der Waals surface area (Å²) in [6.45, 7) is 1.09. The van der Waals surface area contributed by atoms with Crippen molar-refractivity contribution in [2.45, 2.75) is 25.6 Å². The minimum absolute atomic E-state index is 0.0232. The second-order valence-electron chi connectivity index (χ2n) is 8.68. The maximum atomic E-state index is 13.9. The lowest BCUT2D eigenvalue weighted by molar-refractivity contribution is -0.141. The predicted octanol–water partition coefficient (Wildman–Crippen LogP) is 3.54. The van der Waals surface area contributed by atoms with Crippen molar-refractivity contribution >= 4 is 27.5 Å². The predicted molar refractivity (Wildman–Crippen MR) is 133 cm³/mol.